The molecule has 102 valence electrons. The second-order valence-electron chi connectivity index (χ2n) is 3.67. The van der Waals surface area contributed by atoms with Gasteiger partial charge in [-0.1, -0.05) is 6.07 Å². The van der Waals surface area contributed by atoms with Crippen molar-refractivity contribution in [1.29, 1.82) is 0 Å². The average Bonchev–Trinajstić information content (AvgIpc) is 2.36. The van der Waals surface area contributed by atoms with Crippen molar-refractivity contribution >= 4 is 17.6 Å². The fraction of sp³-hybridized carbons (Fsp3) is 0.273. The number of rotatable bonds is 6. The van der Waals surface area contributed by atoms with Gasteiger partial charge in [0, 0.05) is 6.07 Å². The maximum Gasteiger partial charge on any atom is 0.325 e. The molecule has 1 atom stereocenters. The van der Waals surface area contributed by atoms with Gasteiger partial charge in [0.25, 0.3) is 11.6 Å². The predicted octanol–water partition coefficient (Wildman–Crippen LogP) is 0.563. The first-order valence-corrected chi connectivity index (χ1v) is 5.29. The van der Waals surface area contributed by atoms with Crippen LogP contribution in [0.2, 0.25) is 0 Å². The molecule has 1 aromatic rings. The fourth-order valence-electron chi connectivity index (χ4n) is 1.18. The van der Waals surface area contributed by atoms with Gasteiger partial charge in [-0.3, -0.25) is 19.7 Å². The zero-order valence-electron chi connectivity index (χ0n) is 10.0. The van der Waals surface area contributed by atoms with E-state index in [1.165, 1.54) is 31.2 Å². The quantitative estimate of drug-likeness (QED) is 0.574. The van der Waals surface area contributed by atoms with E-state index in [9.17, 15) is 19.7 Å². The summed E-state index contributed by atoms with van der Waals surface area (Å²) in [6, 6.07) is 4.32. The zero-order chi connectivity index (χ0) is 14.4. The number of hydrogen-bond donors (Lipinski definition) is 2. The number of carbonyl (C=O) groups excluding carboxylic acids is 1. The average molecular weight is 268 g/mol. The van der Waals surface area contributed by atoms with Crippen LogP contribution in [0.25, 0.3) is 0 Å². The highest BCUT2D eigenvalue weighted by Crippen LogP contribution is 2.18. The van der Waals surface area contributed by atoms with E-state index in [0.29, 0.717) is 0 Å². The molecule has 0 saturated carbocycles. The number of amides is 1. The Balaban J connectivity index is 2.53. The van der Waals surface area contributed by atoms with Crippen molar-refractivity contribution < 1.29 is 24.4 Å². The maximum absolute atomic E-state index is 11.3. The zero-order valence-corrected chi connectivity index (χ0v) is 10.0. The van der Waals surface area contributed by atoms with E-state index in [1.54, 1.807) is 0 Å². The van der Waals surface area contributed by atoms with Crippen molar-refractivity contribution in [1.82, 2.24) is 5.32 Å². The Bertz CT molecular complexity index is 502. The largest absolute Gasteiger partial charge is 0.484 e. The Hall–Kier alpha value is -2.64. The summed E-state index contributed by atoms with van der Waals surface area (Å²) in [6.07, 6.45) is 0. The van der Waals surface area contributed by atoms with Gasteiger partial charge in [-0.2, -0.15) is 0 Å². The molecular weight excluding hydrogens is 256 g/mol. The first kappa shape index (κ1) is 14.4. The van der Waals surface area contributed by atoms with Gasteiger partial charge in [0.05, 0.1) is 11.0 Å². The summed E-state index contributed by atoms with van der Waals surface area (Å²) in [6.45, 7) is 0.895. The second-order valence-corrected chi connectivity index (χ2v) is 3.67. The molecule has 0 radical (unpaired) electrons. The van der Waals surface area contributed by atoms with Gasteiger partial charge < -0.3 is 15.2 Å². The second kappa shape index (κ2) is 6.34. The number of aliphatic carboxylic acids is 1. The van der Waals surface area contributed by atoms with Crippen LogP contribution < -0.4 is 10.1 Å². The number of nitrogens with one attached hydrogen (secondary N) is 1. The molecule has 1 aromatic carbocycles. The highest BCUT2D eigenvalue weighted by atomic mass is 16.6. The molecule has 1 rings (SSSR count). The number of benzene rings is 1. The number of nitro benzene ring substituents is 1. The third-order valence-electron chi connectivity index (χ3n) is 2.15. The molecule has 0 aliphatic rings. The number of carboxylic acids is 1. The monoisotopic (exact) mass is 268 g/mol. The Morgan fingerprint density at radius 3 is 2.79 bits per heavy atom. The van der Waals surface area contributed by atoms with Crippen LogP contribution in [0.1, 0.15) is 6.92 Å². The summed E-state index contributed by atoms with van der Waals surface area (Å²) in [5.41, 5.74) is -0.156. The lowest BCUT2D eigenvalue weighted by Crippen LogP contribution is -2.40. The molecule has 0 fully saturated rings. The maximum atomic E-state index is 11.3. The summed E-state index contributed by atoms with van der Waals surface area (Å²) in [5, 5.41) is 21.3. The molecule has 1 amide bonds. The van der Waals surface area contributed by atoms with Crippen molar-refractivity contribution in [2.45, 2.75) is 13.0 Å². The van der Waals surface area contributed by atoms with Crippen LogP contribution in [0.15, 0.2) is 24.3 Å². The van der Waals surface area contributed by atoms with Crippen molar-refractivity contribution in [3.63, 3.8) is 0 Å². The van der Waals surface area contributed by atoms with Crippen LogP contribution in [0, 0.1) is 10.1 Å². The van der Waals surface area contributed by atoms with E-state index < -0.39 is 29.4 Å². The van der Waals surface area contributed by atoms with Crippen molar-refractivity contribution in [2.24, 2.45) is 0 Å². The Morgan fingerprint density at radius 1 is 1.53 bits per heavy atom. The van der Waals surface area contributed by atoms with Crippen LogP contribution in [-0.2, 0) is 9.59 Å². The summed E-state index contributed by atoms with van der Waals surface area (Å²) in [4.78, 5) is 31.7. The van der Waals surface area contributed by atoms with Gasteiger partial charge in [0.2, 0.25) is 0 Å². The molecular formula is C11H12N2O6. The first-order chi connectivity index (χ1) is 8.90. The summed E-state index contributed by atoms with van der Waals surface area (Å²) in [7, 11) is 0. The molecule has 19 heavy (non-hydrogen) atoms. The van der Waals surface area contributed by atoms with Crippen LogP contribution in [0.4, 0.5) is 5.69 Å². The number of ether oxygens (including phenoxy) is 1. The van der Waals surface area contributed by atoms with Crippen molar-refractivity contribution in [3.8, 4) is 5.75 Å². The smallest absolute Gasteiger partial charge is 0.325 e. The number of carbonyl (C=O) groups is 2. The molecule has 0 saturated heterocycles. The molecule has 8 nitrogen and oxygen atoms in total. The number of hydrogen-bond acceptors (Lipinski definition) is 5. The third kappa shape index (κ3) is 4.62. The van der Waals surface area contributed by atoms with Gasteiger partial charge in [0.15, 0.2) is 6.61 Å². The van der Waals surface area contributed by atoms with E-state index in [2.05, 4.69) is 5.32 Å². The highest BCUT2D eigenvalue weighted by Gasteiger charge is 2.14. The molecule has 8 heteroatoms. The Labute approximate surface area is 108 Å². The van der Waals surface area contributed by atoms with Crippen LogP contribution in [0.5, 0.6) is 5.75 Å². The standard InChI is InChI=1S/C11H12N2O6/c1-7(11(15)16)12-10(14)6-19-9-4-2-3-8(5-9)13(17)18/h2-5,7H,6H2,1H3,(H,12,14)(H,15,16). The Morgan fingerprint density at radius 2 is 2.21 bits per heavy atom. The lowest BCUT2D eigenvalue weighted by molar-refractivity contribution is -0.384. The van der Waals surface area contributed by atoms with Crippen molar-refractivity contribution in [2.75, 3.05) is 6.61 Å². The topological polar surface area (TPSA) is 119 Å². The van der Waals surface area contributed by atoms with E-state index in [0.717, 1.165) is 0 Å². The fourth-order valence-corrected chi connectivity index (χ4v) is 1.18. The van der Waals surface area contributed by atoms with E-state index in [-0.39, 0.29) is 11.4 Å². The van der Waals surface area contributed by atoms with E-state index in [1.807, 2.05) is 0 Å². The summed E-state index contributed by atoms with van der Waals surface area (Å²) in [5.74, 6) is -1.63. The normalized spacial score (nSPS) is 11.4. The predicted molar refractivity (Wildman–Crippen MR) is 63.8 cm³/mol. The highest BCUT2D eigenvalue weighted by molar-refractivity contribution is 5.84. The minimum atomic E-state index is -1.16. The number of nitrogens with zero attached hydrogens (tertiary/aromatic N) is 1. The van der Waals surface area contributed by atoms with Gasteiger partial charge in [-0.25, -0.2) is 0 Å². The molecule has 0 heterocycles. The van der Waals surface area contributed by atoms with Crippen LogP contribution in [0.3, 0.4) is 0 Å². The molecule has 0 aliphatic heterocycles. The molecule has 1 unspecified atom stereocenters. The minimum absolute atomic E-state index is 0.156. The number of nitro groups is 1. The van der Waals surface area contributed by atoms with Crippen LogP contribution in [-0.4, -0.2) is 34.6 Å². The molecule has 0 spiro atoms. The Kier molecular flexibility index (Phi) is 4.81. The van der Waals surface area contributed by atoms with E-state index >= 15 is 0 Å². The molecule has 0 bridgehead atoms. The van der Waals surface area contributed by atoms with Gasteiger partial charge in [-0.05, 0) is 13.0 Å². The summed E-state index contributed by atoms with van der Waals surface area (Å²) < 4.78 is 5.03. The summed E-state index contributed by atoms with van der Waals surface area (Å²) >= 11 is 0. The number of carboxylic acid groups (broad SMARTS) is 1. The first-order valence-electron chi connectivity index (χ1n) is 5.29. The third-order valence-corrected chi connectivity index (χ3v) is 2.15. The SMILES string of the molecule is CC(NC(=O)COc1cccc([N+](=O)[O-])c1)C(=O)O. The lowest BCUT2D eigenvalue weighted by Gasteiger charge is -2.10. The molecule has 2 N–H and O–H groups in total. The van der Waals surface area contributed by atoms with Crippen molar-refractivity contribution in [3.05, 3.63) is 34.4 Å². The number of non-ortho nitro benzene ring substituents is 1. The molecule has 0 aliphatic carbocycles. The van der Waals surface area contributed by atoms with Gasteiger partial charge >= 0.3 is 5.97 Å². The molecule has 0 aromatic heterocycles. The van der Waals surface area contributed by atoms with Crippen LogP contribution >= 0.6 is 0 Å². The van der Waals surface area contributed by atoms with E-state index in [4.69, 9.17) is 9.84 Å². The lowest BCUT2D eigenvalue weighted by atomic mass is 10.3. The van der Waals surface area contributed by atoms with Gasteiger partial charge in [0.1, 0.15) is 11.8 Å². The van der Waals surface area contributed by atoms with Gasteiger partial charge in [-0.15, -0.1) is 0 Å². The minimum Gasteiger partial charge on any atom is -0.484 e.